The van der Waals surface area contributed by atoms with Crippen molar-refractivity contribution in [2.24, 2.45) is 0 Å². The van der Waals surface area contributed by atoms with Crippen molar-refractivity contribution in [2.45, 2.75) is 13.0 Å². The first-order valence-electron chi connectivity index (χ1n) is 6.75. The third-order valence-electron chi connectivity index (χ3n) is 3.34. The molecule has 112 valence electrons. The number of aromatic nitrogens is 2. The molecular weight excluding hydrogens is 349 g/mol. The molecule has 0 fully saturated rings. The summed E-state index contributed by atoms with van der Waals surface area (Å²) in [5, 5.41) is 2.85. The van der Waals surface area contributed by atoms with Crippen molar-refractivity contribution in [3.8, 4) is 0 Å². The summed E-state index contributed by atoms with van der Waals surface area (Å²) in [5.41, 5.74) is 2.15. The maximum atomic E-state index is 13.1. The monoisotopic (exact) mass is 361 g/mol. The molecule has 22 heavy (non-hydrogen) atoms. The lowest BCUT2D eigenvalue weighted by molar-refractivity contribution is 0.0937. The van der Waals surface area contributed by atoms with Gasteiger partial charge < -0.3 is 10.3 Å². The van der Waals surface area contributed by atoms with Gasteiger partial charge in [0.15, 0.2) is 0 Å². The first-order chi connectivity index (χ1) is 10.5. The number of para-hydroxylation sites is 2. The molecule has 0 bridgehead atoms. The average molecular weight is 362 g/mol. The molecule has 3 aromatic rings. The Morgan fingerprint density at radius 2 is 2.09 bits per heavy atom. The second kappa shape index (κ2) is 5.88. The van der Waals surface area contributed by atoms with Crippen molar-refractivity contribution >= 4 is 32.9 Å². The molecular formula is C16H13BrFN3O. The molecule has 0 aliphatic rings. The van der Waals surface area contributed by atoms with Gasteiger partial charge in [0.25, 0.3) is 5.91 Å². The number of H-pyrrole nitrogens is 1. The van der Waals surface area contributed by atoms with E-state index in [0.717, 1.165) is 11.0 Å². The molecule has 0 aliphatic heterocycles. The van der Waals surface area contributed by atoms with E-state index in [4.69, 9.17) is 0 Å². The van der Waals surface area contributed by atoms with Crippen molar-refractivity contribution in [3.63, 3.8) is 0 Å². The van der Waals surface area contributed by atoms with E-state index in [1.54, 1.807) is 0 Å². The van der Waals surface area contributed by atoms with E-state index in [0.29, 0.717) is 15.9 Å². The Hall–Kier alpha value is -2.21. The van der Waals surface area contributed by atoms with Gasteiger partial charge in [0.2, 0.25) is 0 Å². The molecule has 1 unspecified atom stereocenters. The Labute approximate surface area is 134 Å². The normalized spacial score (nSPS) is 12.3. The van der Waals surface area contributed by atoms with Crippen LogP contribution in [0.5, 0.6) is 0 Å². The van der Waals surface area contributed by atoms with Crippen LogP contribution in [0.3, 0.4) is 0 Å². The molecule has 0 radical (unpaired) electrons. The van der Waals surface area contributed by atoms with Crippen LogP contribution >= 0.6 is 15.9 Å². The smallest absolute Gasteiger partial charge is 0.253 e. The second-order valence-corrected chi connectivity index (χ2v) is 5.81. The van der Waals surface area contributed by atoms with Gasteiger partial charge in [-0.25, -0.2) is 9.37 Å². The van der Waals surface area contributed by atoms with Gasteiger partial charge in [0.1, 0.15) is 11.6 Å². The quantitative estimate of drug-likeness (QED) is 0.741. The highest BCUT2D eigenvalue weighted by Crippen LogP contribution is 2.20. The Morgan fingerprint density at radius 3 is 2.82 bits per heavy atom. The zero-order valence-electron chi connectivity index (χ0n) is 11.7. The molecule has 1 heterocycles. The summed E-state index contributed by atoms with van der Waals surface area (Å²) in [4.78, 5) is 19.9. The number of hydrogen-bond acceptors (Lipinski definition) is 2. The lowest BCUT2D eigenvalue weighted by Gasteiger charge is -2.12. The summed E-state index contributed by atoms with van der Waals surface area (Å²) in [7, 11) is 0. The van der Waals surface area contributed by atoms with Gasteiger partial charge in [-0.15, -0.1) is 0 Å². The maximum Gasteiger partial charge on any atom is 0.253 e. The van der Waals surface area contributed by atoms with E-state index in [9.17, 15) is 9.18 Å². The summed E-state index contributed by atoms with van der Waals surface area (Å²) in [6, 6.07) is 11.3. The fraction of sp³-hybridized carbons (Fsp3) is 0.125. The van der Waals surface area contributed by atoms with Crippen LogP contribution in [0.15, 0.2) is 46.9 Å². The number of benzene rings is 2. The average Bonchev–Trinajstić information content (AvgIpc) is 2.91. The second-order valence-electron chi connectivity index (χ2n) is 4.96. The zero-order valence-corrected chi connectivity index (χ0v) is 13.3. The Balaban J connectivity index is 1.81. The SMILES string of the molecule is CC(NC(=O)c1ccc(F)cc1Br)c1nc2ccccc2[nH]1. The maximum absolute atomic E-state index is 13.1. The zero-order chi connectivity index (χ0) is 15.7. The minimum atomic E-state index is -0.395. The topological polar surface area (TPSA) is 57.8 Å². The van der Waals surface area contributed by atoms with Crippen LogP contribution in [0.1, 0.15) is 29.1 Å². The fourth-order valence-electron chi connectivity index (χ4n) is 2.19. The molecule has 2 N–H and O–H groups in total. The van der Waals surface area contributed by atoms with Gasteiger partial charge in [-0.3, -0.25) is 4.79 Å². The summed E-state index contributed by atoms with van der Waals surface area (Å²) in [5.74, 6) is -0.0126. The molecule has 0 saturated carbocycles. The molecule has 1 atom stereocenters. The minimum absolute atomic E-state index is 0.292. The number of nitrogens with one attached hydrogen (secondary N) is 2. The number of amides is 1. The molecule has 0 aliphatic carbocycles. The van der Waals surface area contributed by atoms with Gasteiger partial charge in [-0.1, -0.05) is 12.1 Å². The van der Waals surface area contributed by atoms with Crippen LogP contribution in [0.2, 0.25) is 0 Å². The summed E-state index contributed by atoms with van der Waals surface area (Å²) >= 11 is 3.20. The van der Waals surface area contributed by atoms with Crippen molar-refractivity contribution in [2.75, 3.05) is 0 Å². The standard InChI is InChI=1S/C16H13BrFN3O/c1-9(15-20-13-4-2-3-5-14(13)21-15)19-16(22)11-7-6-10(18)8-12(11)17/h2-9H,1H3,(H,19,22)(H,20,21). The van der Waals surface area contributed by atoms with Gasteiger partial charge in [0.05, 0.1) is 22.6 Å². The highest BCUT2D eigenvalue weighted by Gasteiger charge is 2.16. The van der Waals surface area contributed by atoms with Gasteiger partial charge in [-0.2, -0.15) is 0 Å². The first kappa shape index (κ1) is 14.7. The number of carbonyl (C=O) groups excluding carboxylic acids is 1. The number of fused-ring (bicyclic) bond motifs is 1. The van der Waals surface area contributed by atoms with Gasteiger partial charge in [-0.05, 0) is 53.2 Å². The number of aromatic amines is 1. The highest BCUT2D eigenvalue weighted by molar-refractivity contribution is 9.10. The summed E-state index contributed by atoms with van der Waals surface area (Å²) < 4.78 is 13.5. The third kappa shape index (κ3) is 2.87. The Bertz CT molecular complexity index is 813. The van der Waals surface area contributed by atoms with Crippen molar-refractivity contribution in [3.05, 3.63) is 64.1 Å². The van der Waals surface area contributed by atoms with Crippen molar-refractivity contribution < 1.29 is 9.18 Å². The van der Waals surface area contributed by atoms with E-state index in [2.05, 4.69) is 31.2 Å². The van der Waals surface area contributed by atoms with E-state index in [-0.39, 0.29) is 11.9 Å². The third-order valence-corrected chi connectivity index (χ3v) is 4.00. The molecule has 3 rings (SSSR count). The number of rotatable bonds is 3. The molecule has 4 nitrogen and oxygen atoms in total. The molecule has 0 saturated heterocycles. The summed E-state index contributed by atoms with van der Waals surface area (Å²) in [6.45, 7) is 1.84. The molecule has 1 aromatic heterocycles. The lowest BCUT2D eigenvalue weighted by Crippen LogP contribution is -2.27. The molecule has 6 heteroatoms. The van der Waals surface area contributed by atoms with E-state index < -0.39 is 5.82 Å². The van der Waals surface area contributed by atoms with Gasteiger partial charge in [0, 0.05) is 4.47 Å². The van der Waals surface area contributed by atoms with E-state index in [1.807, 2.05) is 31.2 Å². The van der Waals surface area contributed by atoms with Crippen molar-refractivity contribution in [1.82, 2.24) is 15.3 Å². The number of hydrogen-bond donors (Lipinski definition) is 2. The predicted octanol–water partition coefficient (Wildman–Crippen LogP) is 3.96. The lowest BCUT2D eigenvalue weighted by atomic mass is 10.2. The van der Waals surface area contributed by atoms with E-state index >= 15 is 0 Å². The number of halogens is 2. The molecule has 0 spiro atoms. The van der Waals surface area contributed by atoms with Crippen LogP contribution in [-0.4, -0.2) is 15.9 Å². The molecule has 2 aromatic carbocycles. The predicted molar refractivity (Wildman–Crippen MR) is 86.1 cm³/mol. The first-order valence-corrected chi connectivity index (χ1v) is 7.54. The van der Waals surface area contributed by atoms with Crippen LogP contribution in [0.25, 0.3) is 11.0 Å². The largest absolute Gasteiger partial charge is 0.342 e. The van der Waals surface area contributed by atoms with E-state index in [1.165, 1.54) is 18.2 Å². The number of nitrogens with zero attached hydrogens (tertiary/aromatic N) is 1. The van der Waals surface area contributed by atoms with Gasteiger partial charge >= 0.3 is 0 Å². The fourth-order valence-corrected chi connectivity index (χ4v) is 2.72. The number of carbonyl (C=O) groups is 1. The Kier molecular flexibility index (Phi) is 3.94. The van der Waals surface area contributed by atoms with Crippen LogP contribution < -0.4 is 5.32 Å². The summed E-state index contributed by atoms with van der Waals surface area (Å²) in [6.07, 6.45) is 0. The Morgan fingerprint density at radius 1 is 1.32 bits per heavy atom. The minimum Gasteiger partial charge on any atom is -0.342 e. The van der Waals surface area contributed by atoms with Crippen LogP contribution in [0.4, 0.5) is 4.39 Å². The number of imidazole rings is 1. The van der Waals surface area contributed by atoms with Crippen LogP contribution in [0, 0.1) is 5.82 Å². The van der Waals surface area contributed by atoms with Crippen molar-refractivity contribution in [1.29, 1.82) is 0 Å². The molecule has 1 amide bonds. The highest BCUT2D eigenvalue weighted by atomic mass is 79.9. The van der Waals surface area contributed by atoms with Crippen LogP contribution in [-0.2, 0) is 0 Å².